The molecule has 0 bridgehead atoms. The first kappa shape index (κ1) is 10.0. The van der Waals surface area contributed by atoms with Gasteiger partial charge in [0.05, 0.1) is 0 Å². The van der Waals surface area contributed by atoms with Gasteiger partial charge in [-0.05, 0) is 19.1 Å². The average molecular weight is 151 g/mol. The second-order valence-electron chi connectivity index (χ2n) is 2.62. The highest BCUT2D eigenvalue weighted by Gasteiger charge is 1.80. The molecule has 11 heavy (non-hydrogen) atoms. The second-order valence-corrected chi connectivity index (χ2v) is 2.62. The molecule has 0 atom stereocenters. The lowest BCUT2D eigenvalue weighted by molar-refractivity contribution is 1.09. The van der Waals surface area contributed by atoms with Gasteiger partial charge in [-0.25, -0.2) is 0 Å². The van der Waals surface area contributed by atoms with Gasteiger partial charge in [0.2, 0.25) is 0 Å². The zero-order valence-corrected chi connectivity index (χ0v) is 7.59. The molecule has 0 radical (unpaired) electrons. The highest BCUT2D eigenvalue weighted by atomic mass is 14.5. The van der Waals surface area contributed by atoms with Gasteiger partial charge >= 0.3 is 0 Å². The quantitative estimate of drug-likeness (QED) is 0.567. The van der Waals surface area contributed by atoms with E-state index in [2.05, 4.69) is 13.8 Å². The Balaban J connectivity index is 0.000000292. The average Bonchev–Trinajstić information content (AvgIpc) is 1.97. The number of anilines is 1. The third-order valence-electron chi connectivity index (χ3n) is 1.08. The van der Waals surface area contributed by atoms with Crippen LogP contribution >= 0.6 is 0 Å². The largest absolute Gasteiger partial charge is 0.399 e. The van der Waals surface area contributed by atoms with E-state index >= 15 is 0 Å². The highest BCUT2D eigenvalue weighted by Crippen LogP contribution is 2.02. The molecule has 0 saturated heterocycles. The van der Waals surface area contributed by atoms with Gasteiger partial charge in [0.25, 0.3) is 0 Å². The van der Waals surface area contributed by atoms with Gasteiger partial charge < -0.3 is 5.73 Å². The van der Waals surface area contributed by atoms with Crippen LogP contribution in [0.25, 0.3) is 0 Å². The van der Waals surface area contributed by atoms with Crippen molar-refractivity contribution in [2.75, 3.05) is 5.73 Å². The molecule has 0 unspecified atom stereocenters. The maximum absolute atomic E-state index is 5.43. The molecule has 1 aromatic rings. The Kier molecular flexibility index (Phi) is 5.26. The SMILES string of the molecule is CCC.Cc1ccc(N)cc1. The van der Waals surface area contributed by atoms with E-state index in [-0.39, 0.29) is 0 Å². The second kappa shape index (κ2) is 5.78. The van der Waals surface area contributed by atoms with Crippen LogP contribution in [0.2, 0.25) is 0 Å². The Morgan fingerprint density at radius 3 is 1.73 bits per heavy atom. The van der Waals surface area contributed by atoms with Crippen molar-refractivity contribution >= 4 is 5.69 Å². The summed E-state index contributed by atoms with van der Waals surface area (Å²) in [5, 5.41) is 0. The summed E-state index contributed by atoms with van der Waals surface area (Å²) in [6.07, 6.45) is 1.25. The number of hydrogen-bond acceptors (Lipinski definition) is 1. The predicted octanol–water partition coefficient (Wildman–Crippen LogP) is 2.99. The van der Waals surface area contributed by atoms with Crippen LogP contribution in [0.5, 0.6) is 0 Å². The van der Waals surface area contributed by atoms with Gasteiger partial charge in [0.1, 0.15) is 0 Å². The van der Waals surface area contributed by atoms with Crippen molar-refractivity contribution in [3.63, 3.8) is 0 Å². The maximum Gasteiger partial charge on any atom is 0.0314 e. The first-order valence-electron chi connectivity index (χ1n) is 4.02. The molecule has 1 heteroatoms. The third kappa shape index (κ3) is 5.46. The minimum absolute atomic E-state index is 0.829. The fourth-order valence-electron chi connectivity index (χ4n) is 0.566. The molecule has 0 aliphatic rings. The van der Waals surface area contributed by atoms with E-state index in [0.717, 1.165) is 5.69 Å². The number of hydrogen-bond donors (Lipinski definition) is 1. The van der Waals surface area contributed by atoms with Gasteiger partial charge in [-0.1, -0.05) is 38.0 Å². The van der Waals surface area contributed by atoms with Gasteiger partial charge in [-0.15, -0.1) is 0 Å². The summed E-state index contributed by atoms with van der Waals surface area (Å²) in [5.41, 5.74) is 7.51. The molecule has 0 saturated carbocycles. The molecule has 0 fully saturated rings. The molecule has 0 spiro atoms. The number of benzene rings is 1. The summed E-state index contributed by atoms with van der Waals surface area (Å²) in [4.78, 5) is 0. The zero-order valence-electron chi connectivity index (χ0n) is 7.59. The summed E-state index contributed by atoms with van der Waals surface area (Å²) in [6, 6.07) is 7.79. The van der Waals surface area contributed by atoms with Crippen molar-refractivity contribution < 1.29 is 0 Å². The van der Waals surface area contributed by atoms with Crippen molar-refractivity contribution in [3.05, 3.63) is 29.8 Å². The lowest BCUT2D eigenvalue weighted by atomic mass is 10.2. The fraction of sp³-hybridized carbons (Fsp3) is 0.400. The predicted molar refractivity (Wildman–Crippen MR) is 51.6 cm³/mol. The van der Waals surface area contributed by atoms with Gasteiger partial charge in [-0.2, -0.15) is 0 Å². The monoisotopic (exact) mass is 151 g/mol. The summed E-state index contributed by atoms with van der Waals surface area (Å²) >= 11 is 0. The van der Waals surface area contributed by atoms with Gasteiger partial charge in [0, 0.05) is 5.69 Å². The summed E-state index contributed by atoms with van der Waals surface area (Å²) in [5.74, 6) is 0. The van der Waals surface area contributed by atoms with Gasteiger partial charge in [-0.3, -0.25) is 0 Å². The molecular weight excluding hydrogens is 134 g/mol. The number of nitrogen functional groups attached to an aromatic ring is 1. The van der Waals surface area contributed by atoms with E-state index in [0.29, 0.717) is 0 Å². The minimum atomic E-state index is 0.829. The first-order valence-corrected chi connectivity index (χ1v) is 4.02. The van der Waals surface area contributed by atoms with E-state index in [1.54, 1.807) is 0 Å². The zero-order chi connectivity index (χ0) is 8.69. The van der Waals surface area contributed by atoms with E-state index < -0.39 is 0 Å². The molecule has 0 aliphatic carbocycles. The van der Waals surface area contributed by atoms with Crippen molar-refractivity contribution in [2.45, 2.75) is 27.2 Å². The van der Waals surface area contributed by atoms with Gasteiger partial charge in [0.15, 0.2) is 0 Å². The van der Waals surface area contributed by atoms with Crippen LogP contribution in [0.1, 0.15) is 25.8 Å². The Morgan fingerprint density at radius 1 is 1.09 bits per heavy atom. The van der Waals surface area contributed by atoms with E-state index in [9.17, 15) is 0 Å². The van der Waals surface area contributed by atoms with Crippen LogP contribution in [-0.2, 0) is 0 Å². The topological polar surface area (TPSA) is 26.0 Å². The van der Waals surface area contributed by atoms with Crippen molar-refractivity contribution in [1.82, 2.24) is 0 Å². The Labute approximate surface area is 69.2 Å². The van der Waals surface area contributed by atoms with Crippen molar-refractivity contribution in [3.8, 4) is 0 Å². The lowest BCUT2D eigenvalue weighted by Crippen LogP contribution is -1.81. The van der Waals surface area contributed by atoms with Crippen LogP contribution in [0.15, 0.2) is 24.3 Å². The summed E-state index contributed by atoms with van der Waals surface area (Å²) in [7, 11) is 0. The molecule has 2 N–H and O–H groups in total. The van der Waals surface area contributed by atoms with Crippen LogP contribution in [0, 0.1) is 6.92 Å². The van der Waals surface area contributed by atoms with Crippen molar-refractivity contribution in [2.24, 2.45) is 0 Å². The minimum Gasteiger partial charge on any atom is -0.399 e. The Hall–Kier alpha value is -0.980. The van der Waals surface area contributed by atoms with E-state index in [1.165, 1.54) is 12.0 Å². The molecule has 0 heterocycles. The van der Waals surface area contributed by atoms with Crippen LogP contribution < -0.4 is 5.73 Å². The normalized spacial score (nSPS) is 8.27. The van der Waals surface area contributed by atoms with Crippen LogP contribution in [-0.4, -0.2) is 0 Å². The molecule has 1 rings (SSSR count). The fourth-order valence-corrected chi connectivity index (χ4v) is 0.566. The Morgan fingerprint density at radius 2 is 1.45 bits per heavy atom. The Bertz CT molecular complexity index is 156. The highest BCUT2D eigenvalue weighted by molar-refractivity contribution is 5.38. The lowest BCUT2D eigenvalue weighted by Gasteiger charge is -1.90. The molecule has 0 amide bonds. The van der Waals surface area contributed by atoms with E-state index in [1.807, 2.05) is 31.2 Å². The third-order valence-corrected chi connectivity index (χ3v) is 1.08. The summed E-state index contributed by atoms with van der Waals surface area (Å²) in [6.45, 7) is 6.29. The molecular formula is C10H17N. The molecule has 0 aliphatic heterocycles. The van der Waals surface area contributed by atoms with E-state index in [4.69, 9.17) is 5.73 Å². The molecule has 1 nitrogen and oxygen atoms in total. The first-order chi connectivity index (χ1) is 5.20. The van der Waals surface area contributed by atoms with Crippen molar-refractivity contribution in [1.29, 1.82) is 0 Å². The number of nitrogens with two attached hydrogens (primary N) is 1. The smallest absolute Gasteiger partial charge is 0.0314 e. The standard InChI is InChI=1S/C7H9N.C3H8/c1-6-2-4-7(8)5-3-6;1-3-2/h2-5H,8H2,1H3;3H2,1-2H3. The van der Waals surface area contributed by atoms with Crippen LogP contribution in [0.3, 0.4) is 0 Å². The molecule has 0 aromatic heterocycles. The molecule has 1 aromatic carbocycles. The van der Waals surface area contributed by atoms with Crippen LogP contribution in [0.4, 0.5) is 5.69 Å². The number of aryl methyl sites for hydroxylation is 1. The number of rotatable bonds is 0. The summed E-state index contributed by atoms with van der Waals surface area (Å²) < 4.78 is 0. The maximum atomic E-state index is 5.43. The molecule has 62 valence electrons.